The van der Waals surface area contributed by atoms with Crippen molar-refractivity contribution in [2.24, 2.45) is 5.92 Å². The summed E-state index contributed by atoms with van der Waals surface area (Å²) in [6, 6.07) is 0. The molecule has 0 bridgehead atoms. The number of halogens is 2. The summed E-state index contributed by atoms with van der Waals surface area (Å²) in [4.78, 5) is 0. The van der Waals surface area contributed by atoms with Crippen molar-refractivity contribution < 1.29 is 34.0 Å². The predicted octanol–water partition coefficient (Wildman–Crippen LogP) is -5.34. The number of rotatable bonds is 0. The minimum Gasteiger partial charge on any atom is -1.00 e. The van der Waals surface area contributed by atoms with E-state index in [0.29, 0.717) is 5.92 Å². The van der Waals surface area contributed by atoms with Gasteiger partial charge in [0.2, 0.25) is 0 Å². The van der Waals surface area contributed by atoms with Crippen LogP contribution in [0.2, 0.25) is 0 Å². The van der Waals surface area contributed by atoms with Crippen LogP contribution >= 0.6 is 0 Å². The predicted molar refractivity (Wildman–Crippen MR) is 27.3 cm³/mol. The van der Waals surface area contributed by atoms with Crippen LogP contribution in [-0.2, 0) is 0 Å². The summed E-state index contributed by atoms with van der Waals surface area (Å²) in [6.07, 6.45) is 7.53. The fourth-order valence-corrected chi connectivity index (χ4v) is 0.250. The second kappa shape index (κ2) is 8.29. The van der Waals surface area contributed by atoms with E-state index >= 15 is 0 Å². The number of hydrogen-bond donors (Lipinski definition) is 0. The quantitative estimate of drug-likeness (QED) is 0.297. The van der Waals surface area contributed by atoms with Gasteiger partial charge in [0.05, 0.1) is 0 Å². The molecule has 0 radical (unpaired) electrons. The van der Waals surface area contributed by atoms with Crippen LogP contribution in [0.3, 0.4) is 0 Å². The van der Waals surface area contributed by atoms with E-state index in [4.69, 9.17) is 6.42 Å². The Labute approximate surface area is 87.5 Å². The summed E-state index contributed by atoms with van der Waals surface area (Å²) in [5, 5.41) is 0. The smallest absolute Gasteiger partial charge is 1.00 e. The van der Waals surface area contributed by atoms with Gasteiger partial charge < -0.3 is 34.0 Å². The Balaban J connectivity index is -0.0000000833. The second-order valence-corrected chi connectivity index (χ2v) is 1.44. The molecule has 1 aliphatic rings. The maximum Gasteiger partial charge on any atom is 2.00 e. The average Bonchev–Trinajstić information content (AvgIpc) is 2.12. The standard InChI is InChI=1S/C5H6.2BrH.Mg/c1-2-5-3-4-5;;;/h1,5H,3-4H2;2*1H;/q;;;+2/p-2. The normalized spacial score (nSPS) is 13.4. The molecule has 0 saturated heterocycles. The van der Waals surface area contributed by atoms with Crippen LogP contribution in [0, 0.1) is 18.3 Å². The van der Waals surface area contributed by atoms with Gasteiger partial charge in [0, 0.05) is 5.92 Å². The topological polar surface area (TPSA) is 0 Å². The average molecular weight is 250 g/mol. The molecular formula is C5H6Br2Mg. The Bertz CT molecular complexity index is 73.0. The monoisotopic (exact) mass is 248 g/mol. The Kier molecular flexibility index (Phi) is 16.7. The van der Waals surface area contributed by atoms with Gasteiger partial charge in [-0.05, 0) is 12.8 Å². The summed E-state index contributed by atoms with van der Waals surface area (Å²) in [6.45, 7) is 0. The Hall–Kier alpha value is 1.29. The van der Waals surface area contributed by atoms with Crippen LogP contribution in [0.15, 0.2) is 0 Å². The molecular weight excluding hydrogens is 244 g/mol. The van der Waals surface area contributed by atoms with Crippen molar-refractivity contribution in [2.75, 3.05) is 0 Å². The largest absolute Gasteiger partial charge is 2.00 e. The van der Waals surface area contributed by atoms with Gasteiger partial charge in [-0.3, -0.25) is 0 Å². The van der Waals surface area contributed by atoms with Crippen molar-refractivity contribution in [1.82, 2.24) is 0 Å². The van der Waals surface area contributed by atoms with Gasteiger partial charge in [-0.25, -0.2) is 0 Å². The molecule has 0 nitrogen and oxygen atoms in total. The maximum absolute atomic E-state index is 4.98. The summed E-state index contributed by atoms with van der Waals surface area (Å²) in [7, 11) is 0. The SMILES string of the molecule is C#CC1CC1.[Br-].[Br-].[Mg+2]. The van der Waals surface area contributed by atoms with Crippen LogP contribution in [-0.4, -0.2) is 23.1 Å². The molecule has 1 saturated carbocycles. The molecule has 0 N–H and O–H groups in total. The third-order valence-corrected chi connectivity index (χ3v) is 0.813. The van der Waals surface area contributed by atoms with E-state index in [1.54, 1.807) is 0 Å². The first kappa shape index (κ1) is 16.1. The van der Waals surface area contributed by atoms with Crippen LogP contribution in [0.5, 0.6) is 0 Å². The van der Waals surface area contributed by atoms with Crippen molar-refractivity contribution in [3.63, 3.8) is 0 Å². The van der Waals surface area contributed by atoms with Crippen LogP contribution in [0.25, 0.3) is 0 Å². The number of hydrogen-bond acceptors (Lipinski definition) is 0. The Morgan fingerprint density at radius 1 is 1.25 bits per heavy atom. The van der Waals surface area contributed by atoms with Crippen LogP contribution < -0.4 is 34.0 Å². The molecule has 0 unspecified atom stereocenters. The first-order valence-corrected chi connectivity index (χ1v) is 1.89. The first-order valence-electron chi connectivity index (χ1n) is 1.89. The van der Waals surface area contributed by atoms with E-state index in [9.17, 15) is 0 Å². The first-order chi connectivity index (χ1) is 2.43. The van der Waals surface area contributed by atoms with Crippen molar-refractivity contribution in [3.05, 3.63) is 0 Å². The van der Waals surface area contributed by atoms with Gasteiger partial charge in [-0.1, -0.05) is 0 Å². The van der Waals surface area contributed by atoms with Crippen molar-refractivity contribution in [1.29, 1.82) is 0 Å². The van der Waals surface area contributed by atoms with E-state index in [-0.39, 0.29) is 57.0 Å². The third-order valence-electron chi connectivity index (χ3n) is 0.813. The van der Waals surface area contributed by atoms with Crippen molar-refractivity contribution in [2.45, 2.75) is 12.8 Å². The van der Waals surface area contributed by atoms with Crippen LogP contribution in [0.1, 0.15) is 12.8 Å². The summed E-state index contributed by atoms with van der Waals surface area (Å²) < 4.78 is 0. The maximum atomic E-state index is 4.98. The molecule has 0 aromatic carbocycles. The molecule has 0 amide bonds. The number of terminal acetylenes is 1. The molecule has 0 aromatic heterocycles. The Morgan fingerprint density at radius 2 is 1.62 bits per heavy atom. The molecule has 8 heavy (non-hydrogen) atoms. The van der Waals surface area contributed by atoms with Crippen molar-refractivity contribution >= 4 is 23.1 Å². The van der Waals surface area contributed by atoms with E-state index in [0.717, 1.165) is 0 Å². The van der Waals surface area contributed by atoms with E-state index < -0.39 is 0 Å². The van der Waals surface area contributed by atoms with Crippen LogP contribution in [0.4, 0.5) is 0 Å². The fourth-order valence-electron chi connectivity index (χ4n) is 0.250. The zero-order chi connectivity index (χ0) is 3.70. The fraction of sp³-hybridized carbons (Fsp3) is 0.600. The molecule has 0 atom stereocenters. The minimum absolute atomic E-state index is 0. The zero-order valence-corrected chi connectivity index (χ0v) is 9.12. The zero-order valence-electron chi connectivity index (χ0n) is 4.53. The van der Waals surface area contributed by atoms with Crippen molar-refractivity contribution in [3.8, 4) is 12.3 Å². The van der Waals surface area contributed by atoms with E-state index in [1.165, 1.54) is 12.8 Å². The van der Waals surface area contributed by atoms with Gasteiger partial charge in [0.15, 0.2) is 0 Å². The molecule has 1 rings (SSSR count). The van der Waals surface area contributed by atoms with Gasteiger partial charge in [0.1, 0.15) is 0 Å². The molecule has 1 fully saturated rings. The van der Waals surface area contributed by atoms with Gasteiger partial charge in [-0.15, -0.1) is 12.3 Å². The third kappa shape index (κ3) is 7.29. The van der Waals surface area contributed by atoms with Gasteiger partial charge >= 0.3 is 23.1 Å². The van der Waals surface area contributed by atoms with Gasteiger partial charge in [-0.2, -0.15) is 0 Å². The summed E-state index contributed by atoms with van der Waals surface area (Å²) in [5.74, 6) is 3.30. The van der Waals surface area contributed by atoms with Gasteiger partial charge in [0.25, 0.3) is 0 Å². The molecule has 0 heterocycles. The molecule has 0 spiro atoms. The summed E-state index contributed by atoms with van der Waals surface area (Å²) in [5.41, 5.74) is 0. The molecule has 0 aromatic rings. The molecule has 42 valence electrons. The molecule has 3 heteroatoms. The Morgan fingerprint density at radius 3 is 1.62 bits per heavy atom. The minimum atomic E-state index is 0. The molecule has 0 aliphatic heterocycles. The molecule has 1 aliphatic carbocycles. The second-order valence-electron chi connectivity index (χ2n) is 1.44. The van der Waals surface area contributed by atoms with E-state index in [2.05, 4.69) is 5.92 Å². The summed E-state index contributed by atoms with van der Waals surface area (Å²) >= 11 is 0. The van der Waals surface area contributed by atoms with E-state index in [1.807, 2.05) is 0 Å².